The molecule has 0 fully saturated rings. The van der Waals surface area contributed by atoms with Crippen LogP contribution in [0.2, 0.25) is 0 Å². The predicted octanol–water partition coefficient (Wildman–Crippen LogP) is 1.77. The van der Waals surface area contributed by atoms with Crippen LogP contribution in [0.15, 0.2) is 35.7 Å². The van der Waals surface area contributed by atoms with Gasteiger partial charge in [0.15, 0.2) is 0 Å². The van der Waals surface area contributed by atoms with Crippen molar-refractivity contribution in [3.05, 3.63) is 36.4 Å². The SMILES string of the molecule is C=CCSCCNS(=O)(=O)c1cc(C)cc(N)c1. The zero-order chi connectivity index (χ0) is 13.6. The minimum Gasteiger partial charge on any atom is -0.399 e. The van der Waals surface area contributed by atoms with Crippen molar-refractivity contribution in [1.82, 2.24) is 4.72 Å². The quantitative estimate of drug-likeness (QED) is 0.455. The van der Waals surface area contributed by atoms with E-state index in [1.165, 1.54) is 6.07 Å². The fraction of sp³-hybridized carbons (Fsp3) is 0.333. The summed E-state index contributed by atoms with van der Waals surface area (Å²) in [6.45, 7) is 5.81. The molecule has 1 aromatic carbocycles. The number of thioether (sulfide) groups is 1. The van der Waals surface area contributed by atoms with Crippen LogP contribution in [0.5, 0.6) is 0 Å². The van der Waals surface area contributed by atoms with Gasteiger partial charge in [0.1, 0.15) is 0 Å². The van der Waals surface area contributed by atoms with E-state index in [0.717, 1.165) is 11.3 Å². The van der Waals surface area contributed by atoms with Gasteiger partial charge in [-0.25, -0.2) is 13.1 Å². The lowest BCUT2D eigenvalue weighted by Gasteiger charge is -2.08. The third-order valence-corrected chi connectivity index (χ3v) is 4.56. The summed E-state index contributed by atoms with van der Waals surface area (Å²) in [6.07, 6.45) is 1.79. The molecular formula is C12H18N2O2S2. The topological polar surface area (TPSA) is 72.2 Å². The summed E-state index contributed by atoms with van der Waals surface area (Å²) in [4.78, 5) is 0.216. The van der Waals surface area contributed by atoms with E-state index < -0.39 is 10.0 Å². The zero-order valence-corrected chi connectivity index (χ0v) is 12.0. The summed E-state index contributed by atoms with van der Waals surface area (Å²) >= 11 is 1.63. The fourth-order valence-corrected chi connectivity index (χ4v) is 3.31. The van der Waals surface area contributed by atoms with Gasteiger partial charge >= 0.3 is 0 Å². The molecule has 6 heteroatoms. The predicted molar refractivity (Wildman–Crippen MR) is 78.3 cm³/mol. The molecule has 4 nitrogen and oxygen atoms in total. The van der Waals surface area contributed by atoms with E-state index in [2.05, 4.69) is 11.3 Å². The van der Waals surface area contributed by atoms with Gasteiger partial charge in [-0.1, -0.05) is 6.08 Å². The molecular weight excluding hydrogens is 268 g/mol. The second-order valence-corrected chi connectivity index (χ2v) is 6.76. The summed E-state index contributed by atoms with van der Waals surface area (Å²) < 4.78 is 26.5. The summed E-state index contributed by atoms with van der Waals surface area (Å²) in [5.74, 6) is 1.53. The minimum atomic E-state index is -3.46. The van der Waals surface area contributed by atoms with E-state index in [4.69, 9.17) is 5.73 Å². The monoisotopic (exact) mass is 286 g/mol. The van der Waals surface area contributed by atoms with Gasteiger partial charge in [-0.15, -0.1) is 6.58 Å². The number of nitrogens with two attached hydrogens (primary N) is 1. The minimum absolute atomic E-state index is 0.216. The largest absolute Gasteiger partial charge is 0.399 e. The number of hydrogen-bond donors (Lipinski definition) is 2. The van der Waals surface area contributed by atoms with Gasteiger partial charge in [-0.05, 0) is 30.7 Å². The number of benzene rings is 1. The van der Waals surface area contributed by atoms with Crippen LogP contribution in [0.1, 0.15) is 5.56 Å². The highest BCUT2D eigenvalue weighted by Gasteiger charge is 2.13. The number of sulfonamides is 1. The van der Waals surface area contributed by atoms with Gasteiger partial charge < -0.3 is 5.73 Å². The average molecular weight is 286 g/mol. The zero-order valence-electron chi connectivity index (χ0n) is 10.3. The van der Waals surface area contributed by atoms with Crippen LogP contribution in [0.3, 0.4) is 0 Å². The third-order valence-electron chi connectivity index (χ3n) is 2.16. The van der Waals surface area contributed by atoms with Gasteiger partial charge in [0, 0.05) is 23.7 Å². The van der Waals surface area contributed by atoms with Crippen molar-refractivity contribution >= 4 is 27.5 Å². The molecule has 0 saturated heterocycles. The molecule has 0 aliphatic heterocycles. The van der Waals surface area contributed by atoms with Crippen LogP contribution < -0.4 is 10.5 Å². The van der Waals surface area contributed by atoms with Crippen molar-refractivity contribution in [2.24, 2.45) is 0 Å². The highest BCUT2D eigenvalue weighted by molar-refractivity contribution is 7.99. The highest BCUT2D eigenvalue weighted by atomic mass is 32.2. The average Bonchev–Trinajstić information content (AvgIpc) is 2.27. The smallest absolute Gasteiger partial charge is 0.240 e. The summed E-state index contributed by atoms with van der Waals surface area (Å²) in [7, 11) is -3.46. The van der Waals surface area contributed by atoms with Gasteiger partial charge in [0.05, 0.1) is 4.90 Å². The first-order chi connectivity index (χ1) is 8.45. The van der Waals surface area contributed by atoms with E-state index in [1.54, 1.807) is 30.0 Å². The molecule has 100 valence electrons. The Morgan fingerprint density at radius 3 is 2.78 bits per heavy atom. The van der Waals surface area contributed by atoms with E-state index in [1.807, 2.05) is 6.92 Å². The van der Waals surface area contributed by atoms with E-state index in [0.29, 0.717) is 18.0 Å². The Labute approximate surface area is 113 Å². The molecule has 0 heterocycles. The molecule has 0 unspecified atom stereocenters. The number of anilines is 1. The number of nitrogen functional groups attached to an aromatic ring is 1. The molecule has 0 spiro atoms. The van der Waals surface area contributed by atoms with Crippen LogP contribution >= 0.6 is 11.8 Å². The lowest BCUT2D eigenvalue weighted by atomic mass is 10.2. The Balaban J connectivity index is 2.65. The first kappa shape index (κ1) is 15.1. The lowest BCUT2D eigenvalue weighted by Crippen LogP contribution is -2.26. The molecule has 18 heavy (non-hydrogen) atoms. The molecule has 0 aliphatic carbocycles. The maximum Gasteiger partial charge on any atom is 0.240 e. The molecule has 1 rings (SSSR count). The highest BCUT2D eigenvalue weighted by Crippen LogP contribution is 2.16. The van der Waals surface area contributed by atoms with Crippen molar-refractivity contribution < 1.29 is 8.42 Å². The van der Waals surface area contributed by atoms with Gasteiger partial charge in [0.2, 0.25) is 10.0 Å². The Morgan fingerprint density at radius 1 is 1.44 bits per heavy atom. The maximum atomic E-state index is 12.0. The molecule has 0 aromatic heterocycles. The second-order valence-electron chi connectivity index (χ2n) is 3.84. The van der Waals surface area contributed by atoms with Gasteiger partial charge in [0.25, 0.3) is 0 Å². The first-order valence-corrected chi connectivity index (χ1v) is 8.15. The standard InChI is InChI=1S/C12H18N2O2S2/c1-3-5-17-6-4-14-18(15,16)12-8-10(2)7-11(13)9-12/h3,7-9,14H,1,4-6,13H2,2H3. The lowest BCUT2D eigenvalue weighted by molar-refractivity contribution is 0.584. The molecule has 0 radical (unpaired) electrons. The Morgan fingerprint density at radius 2 is 2.17 bits per heavy atom. The Hall–Kier alpha value is -0.980. The van der Waals surface area contributed by atoms with Crippen molar-refractivity contribution in [3.63, 3.8) is 0 Å². The number of aryl methyl sites for hydroxylation is 1. The molecule has 0 atom stereocenters. The molecule has 0 aliphatic rings. The van der Waals surface area contributed by atoms with E-state index in [-0.39, 0.29) is 4.90 Å². The number of hydrogen-bond acceptors (Lipinski definition) is 4. The normalized spacial score (nSPS) is 11.4. The van der Waals surface area contributed by atoms with Gasteiger partial charge in [-0.2, -0.15) is 11.8 Å². The number of nitrogens with one attached hydrogen (secondary N) is 1. The van der Waals surface area contributed by atoms with Crippen LogP contribution in [-0.2, 0) is 10.0 Å². The summed E-state index contributed by atoms with van der Waals surface area (Å²) in [5.41, 5.74) is 6.93. The van der Waals surface area contributed by atoms with Crippen molar-refractivity contribution in [2.45, 2.75) is 11.8 Å². The second kappa shape index (κ2) is 6.82. The Bertz CT molecular complexity index is 493. The molecule has 0 amide bonds. The molecule has 1 aromatic rings. The van der Waals surface area contributed by atoms with Crippen LogP contribution in [0.25, 0.3) is 0 Å². The molecule has 3 N–H and O–H groups in total. The van der Waals surface area contributed by atoms with Crippen LogP contribution in [0.4, 0.5) is 5.69 Å². The van der Waals surface area contributed by atoms with Crippen molar-refractivity contribution in [3.8, 4) is 0 Å². The number of rotatable bonds is 7. The van der Waals surface area contributed by atoms with Crippen molar-refractivity contribution in [1.29, 1.82) is 0 Å². The van der Waals surface area contributed by atoms with Crippen molar-refractivity contribution in [2.75, 3.05) is 23.8 Å². The molecule has 0 saturated carbocycles. The third kappa shape index (κ3) is 4.72. The Kier molecular flexibility index (Phi) is 5.71. The van der Waals surface area contributed by atoms with E-state index in [9.17, 15) is 8.42 Å². The first-order valence-electron chi connectivity index (χ1n) is 5.51. The molecule has 0 bridgehead atoms. The fourth-order valence-electron chi connectivity index (χ4n) is 1.43. The van der Waals surface area contributed by atoms with Gasteiger partial charge in [-0.3, -0.25) is 0 Å². The summed E-state index contributed by atoms with van der Waals surface area (Å²) in [6, 6.07) is 4.81. The summed E-state index contributed by atoms with van der Waals surface area (Å²) in [5, 5.41) is 0. The van der Waals surface area contributed by atoms with Crippen LogP contribution in [0, 0.1) is 6.92 Å². The maximum absolute atomic E-state index is 12.0. The van der Waals surface area contributed by atoms with E-state index >= 15 is 0 Å². The van der Waals surface area contributed by atoms with Crippen LogP contribution in [-0.4, -0.2) is 26.5 Å².